The molecule has 1 heterocycles. The molecule has 1 atom stereocenters. The number of hydrogen-bond acceptors (Lipinski definition) is 3. The van der Waals surface area contributed by atoms with Crippen LogP contribution >= 0.6 is 27.7 Å². The van der Waals surface area contributed by atoms with Crippen molar-refractivity contribution in [1.29, 1.82) is 0 Å². The minimum atomic E-state index is -0.887. The molecule has 0 aliphatic rings. The fraction of sp³-hybridized carbons (Fsp3) is 0.615. The predicted octanol–water partition coefficient (Wildman–Crippen LogP) is 2.68. The number of thioether (sulfide) groups is 1. The van der Waals surface area contributed by atoms with Crippen LogP contribution in [-0.2, 0) is 0 Å². The molecule has 19 heavy (non-hydrogen) atoms. The fourth-order valence-electron chi connectivity index (χ4n) is 1.78. The van der Waals surface area contributed by atoms with Gasteiger partial charge in [0.1, 0.15) is 5.69 Å². The van der Waals surface area contributed by atoms with Crippen LogP contribution < -0.4 is 5.32 Å². The summed E-state index contributed by atoms with van der Waals surface area (Å²) in [5.41, 5.74) is -0.288. The summed E-state index contributed by atoms with van der Waals surface area (Å²) in [5.74, 6) is 0.420. The molecule has 0 unspecified atom stereocenters. The molecule has 0 radical (unpaired) electrons. The summed E-state index contributed by atoms with van der Waals surface area (Å²) in [6, 6.07) is 2.00. The Hall–Kier alpha value is -0.460. The highest BCUT2D eigenvalue weighted by Gasteiger charge is 2.22. The highest BCUT2D eigenvalue weighted by atomic mass is 79.9. The maximum Gasteiger partial charge on any atom is 0.268 e. The van der Waals surface area contributed by atoms with E-state index in [4.69, 9.17) is 0 Å². The van der Waals surface area contributed by atoms with Gasteiger partial charge in [0.05, 0.1) is 5.60 Å². The molecule has 1 aromatic rings. The van der Waals surface area contributed by atoms with Gasteiger partial charge in [-0.15, -0.1) is 0 Å². The minimum absolute atomic E-state index is 0.166. The lowest BCUT2D eigenvalue weighted by Crippen LogP contribution is -2.42. The van der Waals surface area contributed by atoms with Crippen molar-refractivity contribution >= 4 is 33.6 Å². The van der Waals surface area contributed by atoms with Crippen molar-refractivity contribution in [3.05, 3.63) is 22.4 Å². The third-order valence-electron chi connectivity index (χ3n) is 2.69. The van der Waals surface area contributed by atoms with E-state index in [1.165, 1.54) is 0 Å². The molecular formula is C13H21BrN2O2S. The van der Waals surface area contributed by atoms with Gasteiger partial charge in [0.2, 0.25) is 0 Å². The predicted molar refractivity (Wildman–Crippen MR) is 83.9 cm³/mol. The van der Waals surface area contributed by atoms with E-state index < -0.39 is 5.60 Å². The number of halogens is 1. The van der Waals surface area contributed by atoms with Gasteiger partial charge >= 0.3 is 0 Å². The number of carbonyl (C=O) groups is 1. The van der Waals surface area contributed by atoms with Gasteiger partial charge in [0.15, 0.2) is 0 Å². The topological polar surface area (TPSA) is 54.3 Å². The number of nitrogens with one attached hydrogen (secondary N) is 1. The minimum Gasteiger partial charge on any atom is -0.387 e. The van der Waals surface area contributed by atoms with Gasteiger partial charge in [0, 0.05) is 29.0 Å². The lowest BCUT2D eigenvalue weighted by molar-refractivity contribution is 0.0719. The molecule has 0 aliphatic heterocycles. The van der Waals surface area contributed by atoms with Crippen LogP contribution in [0.4, 0.5) is 0 Å². The fourth-order valence-corrected chi connectivity index (χ4v) is 2.94. The van der Waals surface area contributed by atoms with Crippen molar-refractivity contribution in [2.45, 2.75) is 32.4 Å². The van der Waals surface area contributed by atoms with Crippen LogP contribution in [0.5, 0.6) is 0 Å². The van der Waals surface area contributed by atoms with E-state index in [9.17, 15) is 9.90 Å². The van der Waals surface area contributed by atoms with E-state index in [-0.39, 0.29) is 18.5 Å². The number of nitrogens with zero attached hydrogens (tertiary/aromatic N) is 1. The number of rotatable bonds is 6. The van der Waals surface area contributed by atoms with Crippen LogP contribution in [0.15, 0.2) is 16.7 Å². The normalized spacial score (nSPS) is 14.5. The van der Waals surface area contributed by atoms with Crippen LogP contribution in [0.25, 0.3) is 0 Å². The molecule has 2 N–H and O–H groups in total. The van der Waals surface area contributed by atoms with Gasteiger partial charge < -0.3 is 15.0 Å². The monoisotopic (exact) mass is 348 g/mol. The first kappa shape index (κ1) is 16.6. The summed E-state index contributed by atoms with van der Waals surface area (Å²) in [6.07, 6.45) is 3.82. The molecule has 0 spiro atoms. The number of carbonyl (C=O) groups excluding carboxylic acids is 1. The maximum absolute atomic E-state index is 12.2. The van der Waals surface area contributed by atoms with Crippen molar-refractivity contribution in [2.75, 3.05) is 18.6 Å². The molecule has 0 saturated heterocycles. The maximum atomic E-state index is 12.2. The Morgan fingerprint density at radius 2 is 2.26 bits per heavy atom. The van der Waals surface area contributed by atoms with Crippen molar-refractivity contribution in [3.8, 4) is 0 Å². The van der Waals surface area contributed by atoms with Gasteiger partial charge in [-0.3, -0.25) is 4.79 Å². The molecule has 0 aromatic carbocycles. The summed E-state index contributed by atoms with van der Waals surface area (Å²) in [4.78, 5) is 12.2. The Bertz CT molecular complexity index is 444. The number of hydrogen-bond donors (Lipinski definition) is 2. The van der Waals surface area contributed by atoms with Crippen molar-refractivity contribution in [2.24, 2.45) is 0 Å². The Kier molecular flexibility index (Phi) is 5.95. The molecule has 1 amide bonds. The Morgan fingerprint density at radius 3 is 2.79 bits per heavy atom. The molecule has 108 valence electrons. The molecular weight excluding hydrogens is 328 g/mol. The highest BCUT2D eigenvalue weighted by Crippen LogP contribution is 2.19. The van der Waals surface area contributed by atoms with Crippen LogP contribution in [0.1, 0.15) is 37.3 Å². The van der Waals surface area contributed by atoms with Gasteiger partial charge in [-0.05, 0) is 49.0 Å². The third kappa shape index (κ3) is 4.85. The van der Waals surface area contributed by atoms with Crippen LogP contribution in [0.2, 0.25) is 0 Å². The largest absolute Gasteiger partial charge is 0.387 e. The van der Waals surface area contributed by atoms with Crippen molar-refractivity contribution in [3.63, 3.8) is 0 Å². The average molecular weight is 349 g/mol. The van der Waals surface area contributed by atoms with Gasteiger partial charge in [-0.25, -0.2) is 0 Å². The van der Waals surface area contributed by atoms with E-state index in [0.29, 0.717) is 11.4 Å². The summed E-state index contributed by atoms with van der Waals surface area (Å²) in [5, 5.41) is 12.8. The Labute approximate surface area is 127 Å². The first-order chi connectivity index (χ1) is 8.76. The Morgan fingerprint density at radius 1 is 1.63 bits per heavy atom. The van der Waals surface area contributed by atoms with Crippen molar-refractivity contribution in [1.82, 2.24) is 9.88 Å². The quantitative estimate of drug-likeness (QED) is 0.830. The lowest BCUT2D eigenvalue weighted by atomic mass is 10.1. The van der Waals surface area contributed by atoms with Crippen LogP contribution in [0, 0.1) is 0 Å². The van der Waals surface area contributed by atoms with Gasteiger partial charge in [-0.2, -0.15) is 11.8 Å². The second-order valence-electron chi connectivity index (χ2n) is 5.16. The van der Waals surface area contributed by atoms with Gasteiger partial charge in [0.25, 0.3) is 5.91 Å². The summed E-state index contributed by atoms with van der Waals surface area (Å²) in [6.45, 7) is 6.01. The zero-order chi connectivity index (χ0) is 14.6. The SMILES string of the molecule is CSC[C@](C)(O)CNC(=O)c1cc(Br)cn1C(C)C. The second kappa shape index (κ2) is 6.81. The third-order valence-corrected chi connectivity index (χ3v) is 4.03. The zero-order valence-corrected chi connectivity index (χ0v) is 14.1. The molecule has 4 nitrogen and oxygen atoms in total. The van der Waals surface area contributed by atoms with E-state index in [1.54, 1.807) is 24.8 Å². The van der Waals surface area contributed by atoms with E-state index >= 15 is 0 Å². The zero-order valence-electron chi connectivity index (χ0n) is 11.7. The average Bonchev–Trinajstić information content (AvgIpc) is 2.68. The first-order valence-corrected chi connectivity index (χ1v) is 8.32. The Balaban J connectivity index is 2.74. The summed E-state index contributed by atoms with van der Waals surface area (Å²) >= 11 is 4.94. The number of aromatic nitrogens is 1. The number of amides is 1. The summed E-state index contributed by atoms with van der Waals surface area (Å²) < 4.78 is 2.78. The van der Waals surface area contributed by atoms with Crippen LogP contribution in [0.3, 0.4) is 0 Å². The highest BCUT2D eigenvalue weighted by molar-refractivity contribution is 9.10. The molecule has 1 aromatic heterocycles. The molecule has 0 fully saturated rings. The van der Waals surface area contributed by atoms with E-state index in [1.807, 2.05) is 30.9 Å². The van der Waals surface area contributed by atoms with Gasteiger partial charge in [-0.1, -0.05) is 0 Å². The molecule has 0 aliphatic carbocycles. The molecule has 0 saturated carbocycles. The first-order valence-electron chi connectivity index (χ1n) is 6.14. The molecule has 0 bridgehead atoms. The van der Waals surface area contributed by atoms with E-state index in [2.05, 4.69) is 21.2 Å². The second-order valence-corrected chi connectivity index (χ2v) is 6.94. The van der Waals surface area contributed by atoms with E-state index in [0.717, 1.165) is 4.47 Å². The lowest BCUT2D eigenvalue weighted by Gasteiger charge is -2.23. The van der Waals surface area contributed by atoms with Crippen molar-refractivity contribution < 1.29 is 9.90 Å². The smallest absolute Gasteiger partial charge is 0.268 e. The van der Waals surface area contributed by atoms with Crippen LogP contribution in [-0.4, -0.2) is 39.7 Å². The molecule has 1 rings (SSSR count). The summed E-state index contributed by atoms with van der Waals surface area (Å²) in [7, 11) is 0. The number of aliphatic hydroxyl groups is 1. The standard InChI is InChI=1S/C13H21BrN2O2S/c1-9(2)16-6-10(14)5-11(16)12(17)15-7-13(3,18)8-19-4/h5-6,9,18H,7-8H2,1-4H3,(H,15,17)/t13-/m1/s1. The molecule has 6 heteroatoms.